The third-order valence-corrected chi connectivity index (χ3v) is 3.28. The minimum atomic E-state index is 0.0427. The van der Waals surface area contributed by atoms with Crippen LogP contribution in [0.1, 0.15) is 24.5 Å². The van der Waals surface area contributed by atoms with Gasteiger partial charge in [0.1, 0.15) is 0 Å². The van der Waals surface area contributed by atoms with Gasteiger partial charge in [0, 0.05) is 30.3 Å². The second-order valence-electron chi connectivity index (χ2n) is 4.24. The molecule has 0 saturated heterocycles. The van der Waals surface area contributed by atoms with Crippen LogP contribution in [0.3, 0.4) is 0 Å². The molecule has 0 amide bonds. The van der Waals surface area contributed by atoms with E-state index in [1.165, 1.54) is 0 Å². The summed E-state index contributed by atoms with van der Waals surface area (Å²) in [5, 5.41) is 21.0. The first-order chi connectivity index (χ1) is 9.12. The standard InChI is InChI=1S/C13H20ClN3O2/c1-2-17(6-3-7-18)9-11-5-4-10(8-12(11)14)13(15)16-19/h4-5,8,18-19H,2-3,6-7,9H2,1H3,(H2,15,16). The van der Waals surface area contributed by atoms with E-state index in [0.29, 0.717) is 17.1 Å². The maximum absolute atomic E-state index is 8.85. The Hall–Kier alpha value is -1.30. The maximum Gasteiger partial charge on any atom is 0.170 e. The minimum absolute atomic E-state index is 0.0427. The highest BCUT2D eigenvalue weighted by Crippen LogP contribution is 2.19. The van der Waals surface area contributed by atoms with E-state index in [4.69, 9.17) is 27.6 Å². The number of aliphatic hydroxyl groups excluding tert-OH is 1. The van der Waals surface area contributed by atoms with Gasteiger partial charge in [0.25, 0.3) is 0 Å². The topological polar surface area (TPSA) is 82.1 Å². The zero-order valence-electron chi connectivity index (χ0n) is 11.0. The molecule has 0 aliphatic heterocycles. The first-order valence-corrected chi connectivity index (χ1v) is 6.59. The van der Waals surface area contributed by atoms with Crippen molar-refractivity contribution in [3.8, 4) is 0 Å². The fraction of sp³-hybridized carbons (Fsp3) is 0.462. The molecule has 0 saturated carbocycles. The van der Waals surface area contributed by atoms with Crippen molar-refractivity contribution in [3.05, 3.63) is 34.3 Å². The lowest BCUT2D eigenvalue weighted by Crippen LogP contribution is -2.25. The highest BCUT2D eigenvalue weighted by atomic mass is 35.5. The summed E-state index contributed by atoms with van der Waals surface area (Å²) in [6.45, 7) is 4.68. The summed E-state index contributed by atoms with van der Waals surface area (Å²) < 4.78 is 0. The minimum Gasteiger partial charge on any atom is -0.409 e. The Kier molecular flexibility index (Phi) is 6.62. The van der Waals surface area contributed by atoms with Gasteiger partial charge in [-0.25, -0.2) is 0 Å². The Morgan fingerprint density at radius 3 is 2.74 bits per heavy atom. The average Bonchev–Trinajstić information content (AvgIpc) is 2.44. The number of hydrogen-bond donors (Lipinski definition) is 3. The van der Waals surface area contributed by atoms with Crippen LogP contribution < -0.4 is 5.73 Å². The first-order valence-electron chi connectivity index (χ1n) is 6.21. The smallest absolute Gasteiger partial charge is 0.170 e. The van der Waals surface area contributed by atoms with Crippen LogP contribution in [0, 0.1) is 0 Å². The van der Waals surface area contributed by atoms with E-state index in [9.17, 15) is 0 Å². The van der Waals surface area contributed by atoms with Crippen LogP contribution in [0.15, 0.2) is 23.4 Å². The van der Waals surface area contributed by atoms with E-state index in [-0.39, 0.29) is 12.4 Å². The molecule has 1 aromatic rings. The van der Waals surface area contributed by atoms with Gasteiger partial charge < -0.3 is 16.0 Å². The van der Waals surface area contributed by atoms with Crippen molar-refractivity contribution < 1.29 is 10.3 Å². The zero-order valence-corrected chi connectivity index (χ0v) is 11.8. The third-order valence-electron chi connectivity index (χ3n) is 2.93. The van der Waals surface area contributed by atoms with E-state index < -0.39 is 0 Å². The third kappa shape index (κ3) is 4.70. The van der Waals surface area contributed by atoms with Gasteiger partial charge in [0.05, 0.1) is 0 Å². The lowest BCUT2D eigenvalue weighted by molar-refractivity contribution is 0.225. The molecule has 0 atom stereocenters. The monoisotopic (exact) mass is 285 g/mol. The Balaban J connectivity index is 2.78. The Morgan fingerprint density at radius 1 is 1.47 bits per heavy atom. The molecular formula is C13H20ClN3O2. The molecule has 0 spiro atoms. The number of aliphatic hydroxyl groups is 1. The lowest BCUT2D eigenvalue weighted by Gasteiger charge is -2.20. The van der Waals surface area contributed by atoms with Gasteiger partial charge in [0.15, 0.2) is 5.84 Å². The van der Waals surface area contributed by atoms with Crippen LogP contribution in [0.4, 0.5) is 0 Å². The molecule has 0 radical (unpaired) electrons. The molecule has 6 heteroatoms. The van der Waals surface area contributed by atoms with Crippen LogP contribution in [0.25, 0.3) is 0 Å². The molecule has 0 aromatic heterocycles. The molecule has 1 rings (SSSR count). The summed E-state index contributed by atoms with van der Waals surface area (Å²) in [7, 11) is 0. The Morgan fingerprint density at radius 2 is 2.21 bits per heavy atom. The van der Waals surface area contributed by atoms with E-state index in [2.05, 4.69) is 17.0 Å². The number of oxime groups is 1. The van der Waals surface area contributed by atoms with Crippen molar-refractivity contribution >= 4 is 17.4 Å². The number of nitrogens with zero attached hydrogens (tertiary/aromatic N) is 2. The summed E-state index contributed by atoms with van der Waals surface area (Å²) in [5.74, 6) is 0.0427. The van der Waals surface area contributed by atoms with Gasteiger partial charge in [-0.1, -0.05) is 35.8 Å². The molecule has 5 nitrogen and oxygen atoms in total. The summed E-state index contributed by atoms with van der Waals surface area (Å²) in [6.07, 6.45) is 0.744. The van der Waals surface area contributed by atoms with Gasteiger partial charge in [-0.2, -0.15) is 0 Å². The average molecular weight is 286 g/mol. The molecule has 106 valence electrons. The van der Waals surface area contributed by atoms with Crippen molar-refractivity contribution in [2.75, 3.05) is 19.7 Å². The summed E-state index contributed by atoms with van der Waals surface area (Å²) in [5.41, 5.74) is 7.08. The maximum atomic E-state index is 8.85. The predicted molar refractivity (Wildman–Crippen MR) is 76.6 cm³/mol. The van der Waals surface area contributed by atoms with Crippen LogP contribution in [0.5, 0.6) is 0 Å². The van der Waals surface area contributed by atoms with Crippen molar-refractivity contribution in [2.45, 2.75) is 19.9 Å². The molecule has 4 N–H and O–H groups in total. The van der Waals surface area contributed by atoms with E-state index in [0.717, 1.165) is 25.1 Å². The number of rotatable bonds is 7. The molecule has 0 bridgehead atoms. The van der Waals surface area contributed by atoms with Crippen LogP contribution in [-0.2, 0) is 6.54 Å². The van der Waals surface area contributed by atoms with Crippen LogP contribution >= 0.6 is 11.6 Å². The highest BCUT2D eigenvalue weighted by molar-refractivity contribution is 6.31. The molecule has 0 heterocycles. The number of amidine groups is 1. The van der Waals surface area contributed by atoms with Gasteiger partial charge in [-0.15, -0.1) is 0 Å². The second-order valence-corrected chi connectivity index (χ2v) is 4.64. The SMILES string of the molecule is CCN(CCCO)Cc1ccc(/C(N)=N/O)cc1Cl. The van der Waals surface area contributed by atoms with Crippen molar-refractivity contribution in [1.29, 1.82) is 0 Å². The molecule has 0 aliphatic carbocycles. The Bertz CT molecular complexity index is 438. The number of nitrogens with two attached hydrogens (primary N) is 1. The molecule has 0 unspecified atom stereocenters. The highest BCUT2D eigenvalue weighted by Gasteiger charge is 2.09. The lowest BCUT2D eigenvalue weighted by atomic mass is 10.1. The molecule has 0 aliphatic rings. The van der Waals surface area contributed by atoms with E-state index in [1.807, 2.05) is 6.07 Å². The normalized spacial score (nSPS) is 12.1. The Labute approximate surface area is 118 Å². The van der Waals surface area contributed by atoms with Crippen molar-refractivity contribution in [3.63, 3.8) is 0 Å². The molecular weight excluding hydrogens is 266 g/mol. The molecule has 19 heavy (non-hydrogen) atoms. The number of halogens is 1. The van der Waals surface area contributed by atoms with Gasteiger partial charge in [-0.05, 0) is 24.6 Å². The number of benzene rings is 1. The van der Waals surface area contributed by atoms with Crippen molar-refractivity contribution in [2.24, 2.45) is 10.9 Å². The number of hydrogen-bond acceptors (Lipinski definition) is 4. The summed E-state index contributed by atoms with van der Waals surface area (Å²) in [6, 6.07) is 5.33. The van der Waals surface area contributed by atoms with Gasteiger partial charge in [-0.3, -0.25) is 4.90 Å². The predicted octanol–water partition coefficient (Wildman–Crippen LogP) is 1.64. The quantitative estimate of drug-likeness (QED) is 0.308. The van der Waals surface area contributed by atoms with Crippen molar-refractivity contribution in [1.82, 2.24) is 4.90 Å². The van der Waals surface area contributed by atoms with Crippen LogP contribution in [0.2, 0.25) is 5.02 Å². The largest absolute Gasteiger partial charge is 0.409 e. The zero-order chi connectivity index (χ0) is 14.3. The fourth-order valence-electron chi connectivity index (χ4n) is 1.78. The fourth-order valence-corrected chi connectivity index (χ4v) is 2.02. The van der Waals surface area contributed by atoms with E-state index >= 15 is 0 Å². The van der Waals surface area contributed by atoms with E-state index in [1.54, 1.807) is 12.1 Å². The van der Waals surface area contributed by atoms with Gasteiger partial charge >= 0.3 is 0 Å². The summed E-state index contributed by atoms with van der Waals surface area (Å²) in [4.78, 5) is 2.20. The van der Waals surface area contributed by atoms with Crippen LogP contribution in [-0.4, -0.2) is 40.7 Å². The summed E-state index contributed by atoms with van der Waals surface area (Å²) >= 11 is 6.20. The molecule has 1 aromatic carbocycles. The second kappa shape index (κ2) is 7.99. The first kappa shape index (κ1) is 15.8. The molecule has 0 fully saturated rings. The van der Waals surface area contributed by atoms with Gasteiger partial charge in [0.2, 0.25) is 0 Å².